The van der Waals surface area contributed by atoms with Crippen molar-refractivity contribution in [3.8, 4) is 0 Å². The first-order valence-electron chi connectivity index (χ1n) is 10.0. The van der Waals surface area contributed by atoms with E-state index >= 15 is 0 Å². The van der Waals surface area contributed by atoms with Crippen LogP contribution in [-0.2, 0) is 21.9 Å². The molecule has 0 saturated heterocycles. The molecule has 8 heteroatoms. The monoisotopic (exact) mass is 484 g/mol. The molecule has 0 aliphatic carbocycles. The standard InChI is InChI=1S/C23H27Cl2FN2O2S/c1-15(2)11-27-23(30)16(3)28(12-17-8-9-19(24)20(25)10-17)22(29)14-31-13-18-6-4-5-7-21(18)26/h4-10,15-16H,11-14H2,1-3H3,(H,27,30)/t16-/m0/s1. The summed E-state index contributed by atoms with van der Waals surface area (Å²) >= 11 is 13.4. The average molecular weight is 485 g/mol. The van der Waals surface area contributed by atoms with Crippen LogP contribution in [0.3, 0.4) is 0 Å². The zero-order valence-corrected chi connectivity index (χ0v) is 20.2. The highest BCUT2D eigenvalue weighted by Gasteiger charge is 2.26. The van der Waals surface area contributed by atoms with Crippen molar-refractivity contribution in [1.29, 1.82) is 0 Å². The highest BCUT2D eigenvalue weighted by Crippen LogP contribution is 2.24. The molecule has 1 N–H and O–H groups in total. The van der Waals surface area contributed by atoms with Gasteiger partial charge in [0.05, 0.1) is 15.8 Å². The van der Waals surface area contributed by atoms with Gasteiger partial charge in [-0.2, -0.15) is 0 Å². The van der Waals surface area contributed by atoms with Crippen molar-refractivity contribution in [2.75, 3.05) is 12.3 Å². The predicted octanol–water partition coefficient (Wildman–Crippen LogP) is 5.56. The molecule has 31 heavy (non-hydrogen) atoms. The molecular formula is C23H27Cl2FN2O2S. The largest absolute Gasteiger partial charge is 0.354 e. The minimum absolute atomic E-state index is 0.122. The van der Waals surface area contributed by atoms with Gasteiger partial charge in [0, 0.05) is 18.8 Å². The maximum Gasteiger partial charge on any atom is 0.242 e. The lowest BCUT2D eigenvalue weighted by molar-refractivity contribution is -0.138. The van der Waals surface area contributed by atoms with Crippen LogP contribution in [0.1, 0.15) is 31.9 Å². The minimum atomic E-state index is -0.672. The van der Waals surface area contributed by atoms with Crippen molar-refractivity contribution in [3.05, 3.63) is 69.5 Å². The molecule has 0 heterocycles. The smallest absolute Gasteiger partial charge is 0.242 e. The molecule has 168 valence electrons. The fourth-order valence-corrected chi connectivity index (χ4v) is 4.03. The summed E-state index contributed by atoms with van der Waals surface area (Å²) in [4.78, 5) is 27.2. The van der Waals surface area contributed by atoms with Crippen molar-refractivity contribution < 1.29 is 14.0 Å². The van der Waals surface area contributed by atoms with Crippen LogP contribution in [0, 0.1) is 11.7 Å². The van der Waals surface area contributed by atoms with E-state index in [0.29, 0.717) is 33.8 Å². The summed E-state index contributed by atoms with van der Waals surface area (Å²) in [5.74, 6) is 0.0637. The normalized spacial score (nSPS) is 12.0. The summed E-state index contributed by atoms with van der Waals surface area (Å²) in [5.41, 5.74) is 1.31. The average Bonchev–Trinajstić information content (AvgIpc) is 2.73. The molecule has 0 aliphatic rings. The molecule has 1 atom stereocenters. The van der Waals surface area contributed by atoms with Crippen LogP contribution < -0.4 is 5.32 Å². The summed E-state index contributed by atoms with van der Waals surface area (Å²) in [6, 6.07) is 10.9. The molecule has 0 unspecified atom stereocenters. The molecule has 0 saturated carbocycles. The number of carbonyl (C=O) groups excluding carboxylic acids is 2. The third-order valence-electron chi connectivity index (χ3n) is 4.63. The van der Waals surface area contributed by atoms with Crippen LogP contribution >= 0.6 is 35.0 Å². The number of carbonyl (C=O) groups is 2. The van der Waals surface area contributed by atoms with Crippen LogP contribution in [-0.4, -0.2) is 35.1 Å². The van der Waals surface area contributed by atoms with Gasteiger partial charge in [-0.05, 0) is 42.2 Å². The van der Waals surface area contributed by atoms with Crippen molar-refractivity contribution in [1.82, 2.24) is 10.2 Å². The lowest BCUT2D eigenvalue weighted by Gasteiger charge is -2.29. The van der Waals surface area contributed by atoms with Crippen molar-refractivity contribution in [3.63, 3.8) is 0 Å². The number of nitrogens with zero attached hydrogens (tertiary/aromatic N) is 1. The van der Waals surface area contributed by atoms with E-state index in [1.165, 1.54) is 22.7 Å². The van der Waals surface area contributed by atoms with E-state index in [9.17, 15) is 14.0 Å². The molecule has 0 bridgehead atoms. The topological polar surface area (TPSA) is 49.4 Å². The summed E-state index contributed by atoms with van der Waals surface area (Å²) < 4.78 is 13.8. The predicted molar refractivity (Wildman–Crippen MR) is 127 cm³/mol. The number of benzene rings is 2. The van der Waals surface area contributed by atoms with Gasteiger partial charge in [-0.25, -0.2) is 4.39 Å². The third-order valence-corrected chi connectivity index (χ3v) is 6.33. The highest BCUT2D eigenvalue weighted by atomic mass is 35.5. The van der Waals surface area contributed by atoms with Crippen molar-refractivity contribution in [2.45, 2.75) is 39.1 Å². The lowest BCUT2D eigenvalue weighted by Crippen LogP contribution is -2.48. The van der Waals surface area contributed by atoms with E-state index in [0.717, 1.165) is 5.56 Å². The van der Waals surface area contributed by atoms with E-state index in [4.69, 9.17) is 23.2 Å². The Morgan fingerprint density at radius 1 is 1.10 bits per heavy atom. The number of rotatable bonds is 10. The van der Waals surface area contributed by atoms with Crippen LogP contribution in [0.15, 0.2) is 42.5 Å². The molecule has 0 fully saturated rings. The molecule has 2 rings (SSSR count). The van der Waals surface area contributed by atoms with Gasteiger partial charge >= 0.3 is 0 Å². The van der Waals surface area contributed by atoms with Crippen LogP contribution in [0.25, 0.3) is 0 Å². The van der Waals surface area contributed by atoms with Gasteiger partial charge in [-0.3, -0.25) is 9.59 Å². The van der Waals surface area contributed by atoms with Gasteiger partial charge in [-0.15, -0.1) is 11.8 Å². The number of halogens is 3. The second-order valence-corrected chi connectivity index (χ2v) is 9.47. The van der Waals surface area contributed by atoms with Gasteiger partial charge in [0.2, 0.25) is 11.8 Å². The molecule has 2 amide bonds. The second kappa shape index (κ2) is 12.3. The first kappa shape index (κ1) is 25.5. The quantitative estimate of drug-likeness (QED) is 0.480. The van der Waals surface area contributed by atoms with E-state index in [1.54, 1.807) is 43.3 Å². The second-order valence-electron chi connectivity index (χ2n) is 7.67. The minimum Gasteiger partial charge on any atom is -0.354 e. The van der Waals surface area contributed by atoms with E-state index in [2.05, 4.69) is 5.32 Å². The van der Waals surface area contributed by atoms with Crippen molar-refractivity contribution >= 4 is 46.8 Å². The Labute approximate surface area is 197 Å². The first-order chi connectivity index (χ1) is 14.7. The van der Waals surface area contributed by atoms with Gasteiger partial charge in [-0.1, -0.05) is 61.3 Å². The molecule has 2 aromatic carbocycles. The number of nitrogens with one attached hydrogen (secondary N) is 1. The summed E-state index contributed by atoms with van der Waals surface area (Å²) in [6.45, 7) is 6.45. The van der Waals surface area contributed by atoms with Gasteiger partial charge in [0.15, 0.2) is 0 Å². The number of amides is 2. The molecule has 0 aromatic heterocycles. The number of thioether (sulfide) groups is 1. The lowest BCUT2D eigenvalue weighted by atomic mass is 10.1. The number of hydrogen-bond acceptors (Lipinski definition) is 3. The molecular weight excluding hydrogens is 458 g/mol. The Hall–Kier alpha value is -1.76. The molecule has 2 aromatic rings. The molecule has 0 spiro atoms. The van der Waals surface area contributed by atoms with Crippen LogP contribution in [0.4, 0.5) is 4.39 Å². The van der Waals surface area contributed by atoms with Gasteiger partial charge in [0.25, 0.3) is 0 Å². The van der Waals surface area contributed by atoms with Gasteiger partial charge in [0.1, 0.15) is 11.9 Å². The van der Waals surface area contributed by atoms with E-state index < -0.39 is 6.04 Å². The number of hydrogen-bond donors (Lipinski definition) is 1. The Morgan fingerprint density at radius 3 is 2.45 bits per heavy atom. The highest BCUT2D eigenvalue weighted by molar-refractivity contribution is 7.99. The fraction of sp³-hybridized carbons (Fsp3) is 0.391. The van der Waals surface area contributed by atoms with E-state index in [-0.39, 0.29) is 29.9 Å². The zero-order chi connectivity index (χ0) is 23.0. The third kappa shape index (κ3) is 8.02. The molecule has 4 nitrogen and oxygen atoms in total. The van der Waals surface area contributed by atoms with Crippen LogP contribution in [0.5, 0.6) is 0 Å². The summed E-state index contributed by atoms with van der Waals surface area (Å²) in [6.07, 6.45) is 0. The fourth-order valence-electron chi connectivity index (χ4n) is 2.82. The summed E-state index contributed by atoms with van der Waals surface area (Å²) in [7, 11) is 0. The first-order valence-corrected chi connectivity index (χ1v) is 11.9. The van der Waals surface area contributed by atoms with E-state index in [1.807, 2.05) is 13.8 Å². The maximum atomic E-state index is 13.8. The Morgan fingerprint density at radius 2 is 1.81 bits per heavy atom. The summed E-state index contributed by atoms with van der Waals surface area (Å²) in [5, 5.41) is 3.69. The SMILES string of the molecule is CC(C)CNC(=O)[C@H](C)N(Cc1ccc(Cl)c(Cl)c1)C(=O)CSCc1ccccc1F. The maximum absolute atomic E-state index is 13.8. The zero-order valence-electron chi connectivity index (χ0n) is 17.8. The Balaban J connectivity index is 2.10. The van der Waals surface area contributed by atoms with Gasteiger partial charge < -0.3 is 10.2 Å². The van der Waals surface area contributed by atoms with Crippen molar-refractivity contribution in [2.24, 2.45) is 5.92 Å². The molecule has 0 aliphatic heterocycles. The Kier molecular flexibility index (Phi) is 10.1. The molecule has 0 radical (unpaired) electrons. The Bertz CT molecular complexity index is 911. The van der Waals surface area contributed by atoms with Crippen LogP contribution in [0.2, 0.25) is 10.0 Å².